The van der Waals surface area contributed by atoms with E-state index in [2.05, 4.69) is 5.32 Å². The van der Waals surface area contributed by atoms with Crippen molar-refractivity contribution in [2.45, 2.75) is 12.8 Å². The number of carbonyl (C=O) groups is 1. The molecule has 35 heavy (non-hydrogen) atoms. The van der Waals surface area contributed by atoms with Crippen LogP contribution in [0.5, 0.6) is 23.0 Å². The molecular weight excluding hydrogens is 492 g/mol. The van der Waals surface area contributed by atoms with Crippen LogP contribution in [0.1, 0.15) is 12.8 Å². The molecule has 3 aromatic carbocycles. The number of hydrogen-bond acceptors (Lipinski definition) is 6. The van der Waals surface area contributed by atoms with Crippen molar-refractivity contribution in [3.8, 4) is 23.0 Å². The van der Waals surface area contributed by atoms with Gasteiger partial charge in [0.2, 0.25) is 15.9 Å². The van der Waals surface area contributed by atoms with E-state index in [1.165, 1.54) is 11.4 Å². The number of para-hydroxylation sites is 2. The minimum absolute atomic E-state index is 0.0757. The Hall–Kier alpha value is -3.43. The zero-order valence-electron chi connectivity index (χ0n) is 19.7. The molecule has 186 valence electrons. The normalized spacial score (nSPS) is 11.0. The first kappa shape index (κ1) is 26.2. The zero-order chi connectivity index (χ0) is 25.4. The van der Waals surface area contributed by atoms with Crippen molar-refractivity contribution in [2.75, 3.05) is 36.6 Å². The molecule has 0 saturated heterocycles. The van der Waals surface area contributed by atoms with E-state index in [4.69, 9.17) is 25.8 Å². The Labute approximate surface area is 210 Å². The third-order valence-corrected chi connectivity index (χ3v) is 6.42. The molecule has 0 spiro atoms. The largest absolute Gasteiger partial charge is 0.497 e. The van der Waals surface area contributed by atoms with Crippen molar-refractivity contribution < 1.29 is 27.4 Å². The number of carbonyl (C=O) groups excluding carboxylic acids is 1. The summed E-state index contributed by atoms with van der Waals surface area (Å²) in [7, 11) is -0.550. The van der Waals surface area contributed by atoms with Crippen LogP contribution in [-0.2, 0) is 14.8 Å². The third kappa shape index (κ3) is 7.27. The fourth-order valence-corrected chi connectivity index (χ4v) is 4.52. The average molecular weight is 519 g/mol. The molecule has 0 aliphatic carbocycles. The van der Waals surface area contributed by atoms with Gasteiger partial charge in [-0.2, -0.15) is 0 Å². The van der Waals surface area contributed by atoms with E-state index >= 15 is 0 Å². The molecule has 8 nitrogen and oxygen atoms in total. The molecule has 0 saturated carbocycles. The minimum Gasteiger partial charge on any atom is -0.497 e. The predicted octanol–water partition coefficient (Wildman–Crippen LogP) is 5.33. The molecule has 1 N–H and O–H groups in total. The zero-order valence-corrected chi connectivity index (χ0v) is 21.2. The summed E-state index contributed by atoms with van der Waals surface area (Å²) >= 11 is 6.13. The van der Waals surface area contributed by atoms with Gasteiger partial charge < -0.3 is 19.5 Å². The first-order valence-corrected chi connectivity index (χ1v) is 13.0. The molecule has 0 unspecified atom stereocenters. The van der Waals surface area contributed by atoms with Crippen LogP contribution in [0.15, 0.2) is 66.7 Å². The molecule has 3 aromatic rings. The van der Waals surface area contributed by atoms with Crippen molar-refractivity contribution >= 4 is 38.9 Å². The topological polar surface area (TPSA) is 94.2 Å². The number of hydrogen-bond donors (Lipinski definition) is 1. The number of anilines is 2. The van der Waals surface area contributed by atoms with Gasteiger partial charge in [0.25, 0.3) is 0 Å². The van der Waals surface area contributed by atoms with Crippen LogP contribution in [-0.4, -0.2) is 41.3 Å². The van der Waals surface area contributed by atoms with E-state index in [1.807, 2.05) is 0 Å². The Balaban J connectivity index is 1.68. The van der Waals surface area contributed by atoms with Crippen LogP contribution in [0.25, 0.3) is 0 Å². The lowest BCUT2D eigenvalue weighted by Crippen LogP contribution is -2.31. The van der Waals surface area contributed by atoms with Crippen molar-refractivity contribution in [1.82, 2.24) is 0 Å². The highest BCUT2D eigenvalue weighted by Gasteiger charge is 2.21. The molecule has 0 aromatic heterocycles. The summed E-state index contributed by atoms with van der Waals surface area (Å²) in [6, 6.07) is 18.8. The van der Waals surface area contributed by atoms with E-state index in [1.54, 1.807) is 73.8 Å². The molecule has 0 atom stereocenters. The molecule has 10 heteroatoms. The smallest absolute Gasteiger partial charge is 0.232 e. The summed E-state index contributed by atoms with van der Waals surface area (Å²) in [5.41, 5.74) is 0.816. The van der Waals surface area contributed by atoms with Crippen molar-refractivity contribution in [3.05, 3.63) is 71.8 Å². The second-order valence-electron chi connectivity index (χ2n) is 7.58. The maximum atomic E-state index is 12.7. The molecule has 0 radical (unpaired) electrons. The average Bonchev–Trinajstić information content (AvgIpc) is 2.83. The van der Waals surface area contributed by atoms with Gasteiger partial charge in [-0.25, -0.2) is 8.42 Å². The van der Waals surface area contributed by atoms with E-state index in [-0.39, 0.29) is 25.3 Å². The van der Waals surface area contributed by atoms with Gasteiger partial charge in [0.1, 0.15) is 17.2 Å². The van der Waals surface area contributed by atoms with Crippen LogP contribution >= 0.6 is 11.6 Å². The molecule has 0 fully saturated rings. The summed E-state index contributed by atoms with van der Waals surface area (Å²) < 4.78 is 42.5. The summed E-state index contributed by atoms with van der Waals surface area (Å²) in [5.74, 6) is 1.69. The fourth-order valence-electron chi connectivity index (χ4n) is 3.38. The highest BCUT2D eigenvalue weighted by Crippen LogP contribution is 2.34. The lowest BCUT2D eigenvalue weighted by Gasteiger charge is -2.24. The number of benzene rings is 3. The number of nitrogens with zero attached hydrogens (tertiary/aromatic N) is 1. The number of ether oxygens (including phenoxy) is 3. The van der Waals surface area contributed by atoms with Gasteiger partial charge in [0.05, 0.1) is 31.9 Å². The van der Waals surface area contributed by atoms with Crippen molar-refractivity contribution in [1.29, 1.82) is 0 Å². The Morgan fingerprint density at radius 2 is 1.69 bits per heavy atom. The number of rotatable bonds is 11. The molecule has 0 aliphatic heterocycles. The third-order valence-electron chi connectivity index (χ3n) is 5.00. The first-order chi connectivity index (χ1) is 16.7. The van der Waals surface area contributed by atoms with E-state index in [0.29, 0.717) is 39.4 Å². The number of methoxy groups -OCH3 is 2. The first-order valence-electron chi connectivity index (χ1n) is 10.7. The Morgan fingerprint density at radius 1 is 0.943 bits per heavy atom. The Bertz CT molecular complexity index is 1280. The predicted molar refractivity (Wildman–Crippen MR) is 138 cm³/mol. The maximum absolute atomic E-state index is 12.7. The van der Waals surface area contributed by atoms with Crippen LogP contribution in [0, 0.1) is 0 Å². The number of sulfonamides is 1. The molecule has 3 rings (SSSR count). The van der Waals surface area contributed by atoms with Gasteiger partial charge in [-0.1, -0.05) is 29.8 Å². The lowest BCUT2D eigenvalue weighted by atomic mass is 10.2. The molecule has 0 heterocycles. The Kier molecular flexibility index (Phi) is 8.84. The van der Waals surface area contributed by atoms with Crippen molar-refractivity contribution in [3.63, 3.8) is 0 Å². The Morgan fingerprint density at radius 3 is 2.40 bits per heavy atom. The molecular formula is C25H27ClN2O6S. The van der Waals surface area contributed by atoms with Gasteiger partial charge in [0.15, 0.2) is 5.75 Å². The SMILES string of the molecule is COc1cccc(Oc2ccc(Cl)cc2NC(=O)CCCN(c2ccccc2OC)S(C)(=O)=O)c1. The van der Waals surface area contributed by atoms with Crippen LogP contribution < -0.4 is 23.8 Å². The summed E-state index contributed by atoms with van der Waals surface area (Å²) in [6.07, 6.45) is 1.48. The molecule has 0 aliphatic rings. The second kappa shape index (κ2) is 11.8. The lowest BCUT2D eigenvalue weighted by molar-refractivity contribution is -0.116. The van der Waals surface area contributed by atoms with Crippen LogP contribution in [0.4, 0.5) is 11.4 Å². The fraction of sp³-hybridized carbons (Fsp3) is 0.240. The number of amides is 1. The van der Waals surface area contributed by atoms with Crippen molar-refractivity contribution in [2.24, 2.45) is 0 Å². The number of halogens is 1. The second-order valence-corrected chi connectivity index (χ2v) is 9.92. The van der Waals surface area contributed by atoms with Gasteiger partial charge in [-0.15, -0.1) is 0 Å². The number of nitrogens with one attached hydrogen (secondary N) is 1. The summed E-state index contributed by atoms with van der Waals surface area (Å²) in [6.45, 7) is 0.106. The van der Waals surface area contributed by atoms with E-state index in [0.717, 1.165) is 6.26 Å². The monoisotopic (exact) mass is 518 g/mol. The highest BCUT2D eigenvalue weighted by molar-refractivity contribution is 7.92. The van der Waals surface area contributed by atoms with Crippen LogP contribution in [0.2, 0.25) is 5.02 Å². The quantitative estimate of drug-likeness (QED) is 0.368. The summed E-state index contributed by atoms with van der Waals surface area (Å²) in [5, 5.41) is 3.23. The molecule has 1 amide bonds. The van der Waals surface area contributed by atoms with Crippen LogP contribution in [0.3, 0.4) is 0 Å². The minimum atomic E-state index is -3.59. The van der Waals surface area contributed by atoms with E-state index in [9.17, 15) is 13.2 Å². The summed E-state index contributed by atoms with van der Waals surface area (Å²) in [4.78, 5) is 12.7. The maximum Gasteiger partial charge on any atom is 0.232 e. The van der Waals surface area contributed by atoms with E-state index < -0.39 is 10.0 Å². The van der Waals surface area contributed by atoms with Gasteiger partial charge >= 0.3 is 0 Å². The van der Waals surface area contributed by atoms with Gasteiger partial charge in [-0.05, 0) is 48.9 Å². The highest BCUT2D eigenvalue weighted by atomic mass is 35.5. The van der Waals surface area contributed by atoms with Gasteiger partial charge in [0, 0.05) is 24.1 Å². The molecule has 0 bridgehead atoms. The van der Waals surface area contributed by atoms with Gasteiger partial charge in [-0.3, -0.25) is 9.10 Å². The standard InChI is InChI=1S/C25H27ClN2O6S/c1-32-19-8-6-9-20(17-19)34-23-14-13-18(26)16-21(23)27-25(29)12-7-15-28(35(3,30)31)22-10-4-5-11-24(22)33-2/h4-6,8-11,13-14,16-17H,7,12,15H2,1-3H3,(H,27,29).